The van der Waals surface area contributed by atoms with Gasteiger partial charge < -0.3 is 13.6 Å². The molecular weight excluding hydrogens is 744 g/mol. The zero-order valence-electron chi connectivity index (χ0n) is 36.2. The lowest BCUT2D eigenvalue weighted by Gasteiger charge is -2.25. The molecule has 0 bridgehead atoms. The summed E-state index contributed by atoms with van der Waals surface area (Å²) in [7, 11) is -4.49. The SMILES string of the molecule is CCCc1cccc(-c2ccccc2OP(=O)(Oc2ccccc2-c2cccc(CCC)c2CCC)Oc2ccccc2-c2cccc(CCC)c2CCC)c1CCC. The van der Waals surface area contributed by atoms with E-state index in [1.54, 1.807) is 0 Å². The first-order chi connectivity index (χ1) is 28.9. The van der Waals surface area contributed by atoms with Crippen molar-refractivity contribution in [3.8, 4) is 50.6 Å². The zero-order valence-corrected chi connectivity index (χ0v) is 37.1. The molecule has 0 atom stereocenters. The topological polar surface area (TPSA) is 44.8 Å². The summed E-state index contributed by atoms with van der Waals surface area (Å²) in [5.41, 5.74) is 13.7. The van der Waals surface area contributed by atoms with E-state index in [1.165, 1.54) is 33.4 Å². The van der Waals surface area contributed by atoms with Crippen LogP contribution in [0.25, 0.3) is 33.4 Å². The van der Waals surface area contributed by atoms with Crippen LogP contribution in [0.4, 0.5) is 0 Å². The molecule has 0 aromatic heterocycles. The van der Waals surface area contributed by atoms with Gasteiger partial charge in [0, 0.05) is 16.7 Å². The van der Waals surface area contributed by atoms with Crippen LogP contribution >= 0.6 is 7.82 Å². The molecule has 0 N–H and O–H groups in total. The maximum absolute atomic E-state index is 15.9. The average molecular weight is 807 g/mol. The van der Waals surface area contributed by atoms with Gasteiger partial charge in [-0.15, -0.1) is 0 Å². The maximum Gasteiger partial charge on any atom is 0.647 e. The van der Waals surface area contributed by atoms with Gasteiger partial charge in [0.2, 0.25) is 0 Å². The molecular formula is C54H63O4P. The van der Waals surface area contributed by atoms with Crippen LogP contribution in [0, 0.1) is 0 Å². The lowest BCUT2D eigenvalue weighted by atomic mass is 9.90. The van der Waals surface area contributed by atoms with Crippen LogP contribution in [0.1, 0.15) is 113 Å². The van der Waals surface area contributed by atoms with Gasteiger partial charge in [-0.2, -0.15) is 4.57 Å². The van der Waals surface area contributed by atoms with Crippen LogP contribution < -0.4 is 13.6 Å². The molecule has 6 aromatic rings. The molecule has 0 saturated carbocycles. The van der Waals surface area contributed by atoms with Crippen molar-refractivity contribution >= 4 is 7.82 Å². The molecule has 0 unspecified atom stereocenters. The lowest BCUT2D eigenvalue weighted by Crippen LogP contribution is -2.10. The second-order valence-electron chi connectivity index (χ2n) is 15.5. The van der Waals surface area contributed by atoms with Gasteiger partial charge in [-0.3, -0.25) is 0 Å². The molecule has 5 heteroatoms. The molecule has 0 aliphatic carbocycles. The van der Waals surface area contributed by atoms with E-state index in [0.29, 0.717) is 17.2 Å². The van der Waals surface area contributed by atoms with E-state index >= 15 is 4.57 Å². The first-order valence-corrected chi connectivity index (χ1v) is 23.6. The third kappa shape index (κ3) is 10.4. The summed E-state index contributed by atoms with van der Waals surface area (Å²) in [6.45, 7) is 13.3. The zero-order chi connectivity index (χ0) is 41.6. The van der Waals surface area contributed by atoms with Gasteiger partial charge in [0.25, 0.3) is 0 Å². The van der Waals surface area contributed by atoms with Crippen molar-refractivity contribution in [2.45, 2.75) is 119 Å². The van der Waals surface area contributed by atoms with Crippen molar-refractivity contribution in [1.82, 2.24) is 0 Å². The normalized spacial score (nSPS) is 11.4. The molecule has 6 aromatic carbocycles. The molecule has 0 saturated heterocycles. The molecule has 0 heterocycles. The Morgan fingerprint density at radius 2 is 0.576 bits per heavy atom. The van der Waals surface area contributed by atoms with Crippen molar-refractivity contribution in [1.29, 1.82) is 0 Å². The van der Waals surface area contributed by atoms with E-state index < -0.39 is 7.82 Å². The van der Waals surface area contributed by atoms with E-state index in [4.69, 9.17) is 13.6 Å². The fourth-order valence-electron chi connectivity index (χ4n) is 8.53. The minimum absolute atomic E-state index is 0.449. The third-order valence-corrected chi connectivity index (χ3v) is 12.3. The predicted molar refractivity (Wildman–Crippen MR) is 249 cm³/mol. The van der Waals surface area contributed by atoms with E-state index in [1.807, 2.05) is 54.6 Å². The Kier molecular flexibility index (Phi) is 15.7. The summed E-state index contributed by atoms with van der Waals surface area (Å²) in [6.07, 6.45) is 11.9. The predicted octanol–water partition coefficient (Wildman–Crippen LogP) is 16.0. The second-order valence-corrected chi connectivity index (χ2v) is 17.0. The Labute approximate surface area is 354 Å². The highest BCUT2D eigenvalue weighted by Crippen LogP contribution is 2.55. The first kappa shape index (κ1) is 43.5. The summed E-state index contributed by atoms with van der Waals surface area (Å²) in [4.78, 5) is 0. The molecule has 6 rings (SSSR count). The Morgan fingerprint density at radius 3 is 0.847 bits per heavy atom. The lowest BCUT2D eigenvalue weighted by molar-refractivity contribution is 0.299. The Balaban J connectivity index is 1.53. The number of hydrogen-bond acceptors (Lipinski definition) is 4. The number of aryl methyl sites for hydroxylation is 3. The van der Waals surface area contributed by atoms with Gasteiger partial charge in [0.1, 0.15) is 17.2 Å². The molecule has 0 fully saturated rings. The Morgan fingerprint density at radius 1 is 0.322 bits per heavy atom. The average Bonchev–Trinajstić information content (AvgIpc) is 3.24. The molecule has 0 aliphatic heterocycles. The van der Waals surface area contributed by atoms with Crippen LogP contribution in [0.2, 0.25) is 0 Å². The van der Waals surface area contributed by atoms with Gasteiger partial charge in [0.15, 0.2) is 0 Å². The quantitative estimate of drug-likeness (QED) is 0.0680. The highest BCUT2D eigenvalue weighted by molar-refractivity contribution is 7.49. The molecule has 308 valence electrons. The number of para-hydroxylation sites is 3. The number of rotatable bonds is 21. The Hall–Kier alpha value is -5.05. The van der Waals surface area contributed by atoms with Crippen molar-refractivity contribution in [2.75, 3.05) is 0 Å². The molecule has 0 spiro atoms. The standard InChI is InChI=1S/C54H63O4P/c1-7-22-40-28-19-34-46(43(40)25-10-4)49-31-13-16-37-52(49)56-59(55,57-53-38-17-14-32-50(53)47-35-20-29-41(23-8-2)44(47)26-11-5)58-54-39-18-15-33-51(54)48-36-21-30-42(24-9-3)45(48)27-12-6/h13-21,28-39H,7-12,22-27H2,1-6H3. The van der Waals surface area contributed by atoms with Crippen molar-refractivity contribution < 1.29 is 18.1 Å². The number of benzene rings is 6. The summed E-state index contributed by atoms with van der Waals surface area (Å²) >= 11 is 0. The van der Waals surface area contributed by atoms with Gasteiger partial charge in [-0.25, -0.2) is 0 Å². The summed E-state index contributed by atoms with van der Waals surface area (Å²) < 4.78 is 36.3. The number of phosphoric acid groups is 1. The highest BCUT2D eigenvalue weighted by Gasteiger charge is 2.36. The van der Waals surface area contributed by atoms with Gasteiger partial charge in [-0.05, 0) is 107 Å². The molecule has 4 nitrogen and oxygen atoms in total. The van der Waals surface area contributed by atoms with Crippen LogP contribution in [0.15, 0.2) is 127 Å². The molecule has 0 amide bonds. The third-order valence-electron chi connectivity index (χ3n) is 11.0. The van der Waals surface area contributed by atoms with E-state index in [2.05, 4.69) is 114 Å². The fraction of sp³-hybridized carbons (Fsp3) is 0.333. The van der Waals surface area contributed by atoms with Crippen LogP contribution in [0.3, 0.4) is 0 Å². The minimum Gasteiger partial charge on any atom is -0.385 e. The molecule has 59 heavy (non-hydrogen) atoms. The minimum atomic E-state index is -4.49. The molecule has 0 radical (unpaired) electrons. The Bertz CT molecular complexity index is 2080. The van der Waals surface area contributed by atoms with E-state index in [0.717, 1.165) is 110 Å². The fourth-order valence-corrected chi connectivity index (χ4v) is 9.84. The summed E-state index contributed by atoms with van der Waals surface area (Å²) in [6, 6.07) is 43.1. The van der Waals surface area contributed by atoms with Crippen molar-refractivity contribution in [3.63, 3.8) is 0 Å². The smallest absolute Gasteiger partial charge is 0.385 e. The molecule has 0 aliphatic rings. The van der Waals surface area contributed by atoms with Crippen molar-refractivity contribution in [2.24, 2.45) is 0 Å². The van der Waals surface area contributed by atoms with Crippen LogP contribution in [-0.4, -0.2) is 0 Å². The van der Waals surface area contributed by atoms with Crippen LogP contribution in [-0.2, 0) is 43.1 Å². The van der Waals surface area contributed by atoms with Gasteiger partial charge >= 0.3 is 7.82 Å². The maximum atomic E-state index is 15.9. The summed E-state index contributed by atoms with van der Waals surface area (Å²) in [5.74, 6) is 1.35. The number of hydrogen-bond donors (Lipinski definition) is 0. The van der Waals surface area contributed by atoms with Gasteiger partial charge in [0.05, 0.1) is 0 Å². The highest BCUT2D eigenvalue weighted by atomic mass is 31.2. The second kappa shape index (κ2) is 21.3. The number of phosphoric ester groups is 1. The summed E-state index contributed by atoms with van der Waals surface area (Å²) in [5, 5.41) is 0. The first-order valence-electron chi connectivity index (χ1n) is 22.2. The van der Waals surface area contributed by atoms with Crippen molar-refractivity contribution in [3.05, 3.63) is 161 Å². The monoisotopic (exact) mass is 806 g/mol. The van der Waals surface area contributed by atoms with Crippen LogP contribution in [0.5, 0.6) is 17.2 Å². The van der Waals surface area contributed by atoms with E-state index in [9.17, 15) is 0 Å². The van der Waals surface area contributed by atoms with Gasteiger partial charge in [-0.1, -0.05) is 189 Å². The largest absolute Gasteiger partial charge is 0.647 e. The van der Waals surface area contributed by atoms with E-state index in [-0.39, 0.29) is 0 Å².